The van der Waals surface area contributed by atoms with Crippen LogP contribution in [0.1, 0.15) is 54.5 Å². The van der Waals surface area contributed by atoms with Crippen molar-refractivity contribution >= 4 is 29.1 Å². The Morgan fingerprint density at radius 3 is 2.61 bits per heavy atom. The van der Waals surface area contributed by atoms with Crippen LogP contribution in [0.5, 0.6) is 0 Å². The summed E-state index contributed by atoms with van der Waals surface area (Å²) in [4.78, 5) is 39.3. The minimum absolute atomic E-state index is 0.220. The van der Waals surface area contributed by atoms with E-state index in [2.05, 4.69) is 23.7 Å². The summed E-state index contributed by atoms with van der Waals surface area (Å²) in [6, 6.07) is 3.14. The molecule has 1 N–H and O–H groups in total. The molecule has 3 heterocycles. The minimum Gasteiger partial charge on any atom is -0.348 e. The number of carbonyl (C=O) groups is 3. The Morgan fingerprint density at radius 1 is 1.29 bits per heavy atom. The van der Waals surface area contributed by atoms with Gasteiger partial charge in [-0.05, 0) is 61.6 Å². The first kappa shape index (κ1) is 20.3. The van der Waals surface area contributed by atoms with E-state index in [0.29, 0.717) is 11.5 Å². The van der Waals surface area contributed by atoms with Crippen molar-refractivity contribution in [2.45, 2.75) is 53.1 Å². The third kappa shape index (κ3) is 3.51. The van der Waals surface area contributed by atoms with Gasteiger partial charge in [0.1, 0.15) is 5.54 Å². The van der Waals surface area contributed by atoms with Gasteiger partial charge in [0.05, 0.1) is 6.54 Å². The number of nitrogens with one attached hydrogen (secondary N) is 1. The maximum atomic E-state index is 12.9. The van der Waals surface area contributed by atoms with Crippen LogP contribution < -0.4 is 5.32 Å². The number of amides is 3. The predicted octanol–water partition coefficient (Wildman–Crippen LogP) is 3.86. The molecular formula is C21H27N3O3S. The van der Waals surface area contributed by atoms with Crippen molar-refractivity contribution < 1.29 is 14.4 Å². The lowest BCUT2D eigenvalue weighted by Gasteiger charge is -2.20. The van der Waals surface area contributed by atoms with Crippen molar-refractivity contribution in [3.8, 4) is 0 Å². The van der Waals surface area contributed by atoms with Gasteiger partial charge in [-0.1, -0.05) is 13.8 Å². The molecule has 1 saturated heterocycles. The zero-order chi connectivity index (χ0) is 20.6. The van der Waals surface area contributed by atoms with E-state index in [1.54, 1.807) is 6.92 Å². The number of hydrogen-bond acceptors (Lipinski definition) is 4. The van der Waals surface area contributed by atoms with Crippen LogP contribution in [-0.4, -0.2) is 33.7 Å². The maximum absolute atomic E-state index is 12.9. The van der Waals surface area contributed by atoms with Crippen LogP contribution in [-0.2, 0) is 16.9 Å². The van der Waals surface area contributed by atoms with E-state index in [4.69, 9.17) is 0 Å². The van der Waals surface area contributed by atoms with Crippen LogP contribution in [0.15, 0.2) is 22.9 Å². The summed E-state index contributed by atoms with van der Waals surface area (Å²) in [7, 11) is 0. The Hall–Kier alpha value is -2.41. The molecule has 1 aliphatic heterocycles. The van der Waals surface area contributed by atoms with Crippen molar-refractivity contribution in [1.82, 2.24) is 14.8 Å². The van der Waals surface area contributed by atoms with Crippen LogP contribution in [0.25, 0.3) is 0 Å². The molecule has 0 radical (unpaired) electrons. The van der Waals surface area contributed by atoms with E-state index in [1.807, 2.05) is 36.7 Å². The number of thiophene rings is 1. The van der Waals surface area contributed by atoms with Gasteiger partial charge in [0, 0.05) is 23.5 Å². The largest absolute Gasteiger partial charge is 0.348 e. The Bertz CT molecular complexity index is 914. The number of imide groups is 1. The Labute approximate surface area is 169 Å². The second-order valence-electron chi connectivity index (χ2n) is 8.00. The zero-order valence-electron chi connectivity index (χ0n) is 17.0. The van der Waals surface area contributed by atoms with E-state index in [9.17, 15) is 14.4 Å². The zero-order valence-corrected chi connectivity index (χ0v) is 17.9. The fraction of sp³-hybridized carbons (Fsp3) is 0.476. The van der Waals surface area contributed by atoms with Gasteiger partial charge in [0.25, 0.3) is 5.91 Å². The van der Waals surface area contributed by atoms with Crippen LogP contribution >= 0.6 is 11.3 Å². The number of aromatic nitrogens is 1. The molecular weight excluding hydrogens is 374 g/mol. The van der Waals surface area contributed by atoms with Crippen LogP contribution in [0.4, 0.5) is 4.79 Å². The summed E-state index contributed by atoms with van der Waals surface area (Å²) in [5.41, 5.74) is 2.09. The molecule has 0 spiro atoms. The fourth-order valence-corrected chi connectivity index (χ4v) is 4.39. The number of aryl methyl sites for hydroxylation is 1. The van der Waals surface area contributed by atoms with Gasteiger partial charge in [0.15, 0.2) is 5.78 Å². The molecule has 7 heteroatoms. The molecule has 1 unspecified atom stereocenters. The van der Waals surface area contributed by atoms with Gasteiger partial charge in [0.2, 0.25) is 0 Å². The van der Waals surface area contributed by atoms with Gasteiger partial charge in [-0.2, -0.15) is 11.3 Å². The SMILES string of the molecule is Cc1cc(C(=O)CN2C(=O)NC(C)(c3ccsc3)C2=O)c(C)n1CCC(C)C. The average Bonchev–Trinajstić information content (AvgIpc) is 3.30. The monoisotopic (exact) mass is 401 g/mol. The summed E-state index contributed by atoms with van der Waals surface area (Å²) < 4.78 is 2.13. The highest BCUT2D eigenvalue weighted by atomic mass is 32.1. The van der Waals surface area contributed by atoms with Gasteiger partial charge in [-0.15, -0.1) is 0 Å². The second kappa shape index (κ2) is 7.54. The molecule has 0 bridgehead atoms. The lowest BCUT2D eigenvalue weighted by atomic mass is 9.95. The van der Waals surface area contributed by atoms with Crippen LogP contribution in [0.2, 0.25) is 0 Å². The van der Waals surface area contributed by atoms with E-state index in [1.165, 1.54) is 11.3 Å². The summed E-state index contributed by atoms with van der Waals surface area (Å²) in [5, 5.41) is 6.44. The third-order valence-corrected chi connectivity index (χ3v) is 6.16. The normalized spacial score (nSPS) is 19.6. The Balaban J connectivity index is 1.79. The molecule has 0 saturated carbocycles. The van der Waals surface area contributed by atoms with Crippen LogP contribution in [0, 0.1) is 19.8 Å². The molecule has 6 nitrogen and oxygen atoms in total. The molecule has 2 aromatic rings. The fourth-order valence-electron chi connectivity index (χ4n) is 3.63. The minimum atomic E-state index is -1.12. The van der Waals surface area contributed by atoms with Crippen molar-refractivity contribution in [1.29, 1.82) is 0 Å². The van der Waals surface area contributed by atoms with Crippen molar-refractivity contribution in [3.63, 3.8) is 0 Å². The summed E-state index contributed by atoms with van der Waals surface area (Å²) in [5.74, 6) is -0.0409. The number of hydrogen-bond donors (Lipinski definition) is 1. The first-order valence-electron chi connectivity index (χ1n) is 9.52. The highest BCUT2D eigenvalue weighted by molar-refractivity contribution is 7.08. The molecule has 0 aliphatic carbocycles. The number of Topliss-reactive ketones (excluding diaryl/α,β-unsaturated/α-hetero) is 1. The molecule has 1 fully saturated rings. The standard InChI is InChI=1S/C21H27N3O3S/c1-13(2)6-8-23-14(3)10-17(15(23)4)18(25)11-24-19(26)21(5,22-20(24)27)16-7-9-28-12-16/h7,9-10,12-13H,6,8,11H2,1-5H3,(H,22,27). The first-order chi connectivity index (χ1) is 13.1. The number of carbonyl (C=O) groups excluding carboxylic acids is 3. The molecule has 3 amide bonds. The summed E-state index contributed by atoms with van der Waals surface area (Å²) >= 11 is 1.46. The summed E-state index contributed by atoms with van der Waals surface area (Å²) in [6.45, 7) is 10.5. The van der Waals surface area contributed by atoms with Gasteiger partial charge >= 0.3 is 6.03 Å². The maximum Gasteiger partial charge on any atom is 0.325 e. The lowest BCUT2D eigenvalue weighted by molar-refractivity contribution is -0.130. The van der Waals surface area contributed by atoms with E-state index < -0.39 is 17.5 Å². The average molecular weight is 402 g/mol. The van der Waals surface area contributed by atoms with Gasteiger partial charge < -0.3 is 9.88 Å². The molecule has 0 aromatic carbocycles. The quantitative estimate of drug-likeness (QED) is 0.566. The Morgan fingerprint density at radius 2 is 2.00 bits per heavy atom. The highest BCUT2D eigenvalue weighted by Crippen LogP contribution is 2.30. The molecule has 3 rings (SSSR count). The van der Waals surface area contributed by atoms with Crippen molar-refractivity contribution in [3.05, 3.63) is 45.4 Å². The van der Waals surface area contributed by atoms with E-state index in [0.717, 1.165) is 34.8 Å². The number of nitrogens with zero attached hydrogens (tertiary/aromatic N) is 2. The molecule has 150 valence electrons. The third-order valence-electron chi connectivity index (χ3n) is 5.48. The van der Waals surface area contributed by atoms with Gasteiger partial charge in [-0.25, -0.2) is 4.79 Å². The topological polar surface area (TPSA) is 71.4 Å². The van der Waals surface area contributed by atoms with Crippen molar-refractivity contribution in [2.75, 3.05) is 6.54 Å². The number of urea groups is 1. The van der Waals surface area contributed by atoms with Crippen LogP contribution in [0.3, 0.4) is 0 Å². The molecule has 28 heavy (non-hydrogen) atoms. The lowest BCUT2D eigenvalue weighted by Crippen LogP contribution is -2.41. The van der Waals surface area contributed by atoms with Crippen molar-refractivity contribution in [2.24, 2.45) is 5.92 Å². The predicted molar refractivity (Wildman–Crippen MR) is 110 cm³/mol. The second-order valence-corrected chi connectivity index (χ2v) is 8.78. The van der Waals surface area contributed by atoms with Gasteiger partial charge in [-0.3, -0.25) is 14.5 Å². The molecule has 1 atom stereocenters. The smallest absolute Gasteiger partial charge is 0.325 e. The first-order valence-corrected chi connectivity index (χ1v) is 10.5. The molecule has 2 aromatic heterocycles. The summed E-state index contributed by atoms with van der Waals surface area (Å²) in [6.07, 6.45) is 1.02. The van der Waals surface area contributed by atoms with E-state index >= 15 is 0 Å². The highest BCUT2D eigenvalue weighted by Gasteiger charge is 2.49. The van der Waals surface area contributed by atoms with E-state index in [-0.39, 0.29) is 12.3 Å². The Kier molecular flexibility index (Phi) is 5.48. The molecule has 1 aliphatic rings. The number of rotatable bonds is 7. The number of ketones is 1.